The summed E-state index contributed by atoms with van der Waals surface area (Å²) in [5.74, 6) is -0.733. The second-order valence-electron chi connectivity index (χ2n) is 3.76. The Morgan fingerprint density at radius 3 is 3.00 bits per heavy atom. The van der Waals surface area contributed by atoms with Crippen LogP contribution in [0.3, 0.4) is 0 Å². The van der Waals surface area contributed by atoms with Gasteiger partial charge in [-0.25, -0.2) is 0 Å². The largest absolute Gasteiger partial charge is 0.481 e. The number of carbonyl (C=O) groups is 1. The molecule has 0 aliphatic heterocycles. The van der Waals surface area contributed by atoms with Crippen molar-refractivity contribution >= 4 is 32.8 Å². The number of benzene rings is 1. The van der Waals surface area contributed by atoms with Crippen LogP contribution in [0.1, 0.15) is 18.4 Å². The summed E-state index contributed by atoms with van der Waals surface area (Å²) in [6, 6.07) is 6.16. The smallest absolute Gasteiger partial charge is 0.303 e. The number of halogens is 1. The van der Waals surface area contributed by atoms with Crippen molar-refractivity contribution in [2.75, 3.05) is 0 Å². The van der Waals surface area contributed by atoms with Crippen molar-refractivity contribution in [3.05, 3.63) is 34.4 Å². The number of fused-ring (bicyclic) bond motifs is 1. The summed E-state index contributed by atoms with van der Waals surface area (Å²) in [5, 5.41) is 9.71. The van der Waals surface area contributed by atoms with Gasteiger partial charge in [0, 0.05) is 28.0 Å². The molecular formula is C12H12BrNO2. The zero-order valence-electron chi connectivity index (χ0n) is 8.66. The molecule has 0 bridgehead atoms. The van der Waals surface area contributed by atoms with Crippen molar-refractivity contribution in [3.8, 4) is 0 Å². The summed E-state index contributed by atoms with van der Waals surface area (Å²) in [6.07, 6.45) is 3.62. The van der Waals surface area contributed by atoms with Crippen LogP contribution < -0.4 is 0 Å². The molecule has 1 heterocycles. The zero-order chi connectivity index (χ0) is 11.5. The van der Waals surface area contributed by atoms with Gasteiger partial charge >= 0.3 is 5.97 Å². The number of aliphatic carboxylic acids is 1. The molecule has 0 aliphatic rings. The summed E-state index contributed by atoms with van der Waals surface area (Å²) < 4.78 is 1.06. The van der Waals surface area contributed by atoms with Gasteiger partial charge in [0.1, 0.15) is 0 Å². The molecule has 2 aromatic rings. The second kappa shape index (κ2) is 4.70. The Kier molecular flexibility index (Phi) is 3.29. The quantitative estimate of drug-likeness (QED) is 0.903. The molecule has 2 rings (SSSR count). The van der Waals surface area contributed by atoms with E-state index in [4.69, 9.17) is 5.11 Å². The SMILES string of the molecule is O=C(O)CCCc1ccc2c(Br)c[nH]c2c1. The Morgan fingerprint density at radius 1 is 1.44 bits per heavy atom. The topological polar surface area (TPSA) is 53.1 Å². The molecule has 0 atom stereocenters. The molecule has 0 saturated carbocycles. The third-order valence-corrected chi connectivity index (χ3v) is 3.21. The van der Waals surface area contributed by atoms with Crippen LogP contribution in [0.25, 0.3) is 10.9 Å². The summed E-state index contributed by atoms with van der Waals surface area (Å²) >= 11 is 3.45. The molecule has 1 aromatic carbocycles. The molecule has 0 saturated heterocycles. The highest BCUT2D eigenvalue weighted by molar-refractivity contribution is 9.10. The normalized spacial score (nSPS) is 10.8. The maximum Gasteiger partial charge on any atom is 0.303 e. The van der Waals surface area contributed by atoms with Crippen LogP contribution >= 0.6 is 15.9 Å². The molecule has 2 N–H and O–H groups in total. The molecular weight excluding hydrogens is 270 g/mol. The van der Waals surface area contributed by atoms with E-state index in [1.54, 1.807) is 0 Å². The number of nitrogens with one attached hydrogen (secondary N) is 1. The Labute approximate surface area is 102 Å². The van der Waals surface area contributed by atoms with E-state index in [2.05, 4.69) is 27.0 Å². The van der Waals surface area contributed by atoms with Gasteiger partial charge in [-0.15, -0.1) is 0 Å². The van der Waals surface area contributed by atoms with E-state index < -0.39 is 5.97 Å². The van der Waals surface area contributed by atoms with Gasteiger partial charge < -0.3 is 10.1 Å². The minimum Gasteiger partial charge on any atom is -0.481 e. The van der Waals surface area contributed by atoms with Gasteiger partial charge in [-0.1, -0.05) is 12.1 Å². The highest BCUT2D eigenvalue weighted by atomic mass is 79.9. The number of rotatable bonds is 4. The molecule has 16 heavy (non-hydrogen) atoms. The third kappa shape index (κ3) is 2.44. The molecule has 0 amide bonds. The Balaban J connectivity index is 2.11. The lowest BCUT2D eigenvalue weighted by molar-refractivity contribution is -0.137. The minimum atomic E-state index is -0.733. The first-order valence-corrected chi connectivity index (χ1v) is 5.93. The first-order chi connectivity index (χ1) is 7.66. The Morgan fingerprint density at radius 2 is 2.25 bits per heavy atom. The van der Waals surface area contributed by atoms with Gasteiger partial charge in [0.15, 0.2) is 0 Å². The van der Waals surface area contributed by atoms with Crippen molar-refractivity contribution in [2.24, 2.45) is 0 Å². The van der Waals surface area contributed by atoms with Crippen molar-refractivity contribution in [1.29, 1.82) is 0 Å². The van der Waals surface area contributed by atoms with Crippen LogP contribution in [0.15, 0.2) is 28.9 Å². The standard InChI is InChI=1S/C12H12BrNO2/c13-10-7-14-11-6-8(4-5-9(10)11)2-1-3-12(15)16/h4-7,14H,1-3H2,(H,15,16). The average molecular weight is 282 g/mol. The maximum absolute atomic E-state index is 10.4. The summed E-state index contributed by atoms with van der Waals surface area (Å²) in [7, 11) is 0. The van der Waals surface area contributed by atoms with Gasteiger partial charge in [0.05, 0.1) is 0 Å². The van der Waals surface area contributed by atoms with Crippen LogP contribution in [0, 0.1) is 0 Å². The van der Waals surface area contributed by atoms with Crippen LogP contribution in [0.2, 0.25) is 0 Å². The number of aryl methyl sites for hydroxylation is 1. The maximum atomic E-state index is 10.4. The highest BCUT2D eigenvalue weighted by Gasteiger charge is 2.03. The summed E-state index contributed by atoms with van der Waals surface area (Å²) in [6.45, 7) is 0. The highest BCUT2D eigenvalue weighted by Crippen LogP contribution is 2.24. The van der Waals surface area contributed by atoms with Crippen molar-refractivity contribution in [1.82, 2.24) is 4.98 Å². The van der Waals surface area contributed by atoms with Crippen molar-refractivity contribution in [3.63, 3.8) is 0 Å². The molecule has 0 aliphatic carbocycles. The lowest BCUT2D eigenvalue weighted by atomic mass is 10.1. The fourth-order valence-electron chi connectivity index (χ4n) is 1.74. The van der Waals surface area contributed by atoms with Crippen LogP contribution in [-0.2, 0) is 11.2 Å². The fraction of sp³-hybridized carbons (Fsp3) is 0.250. The van der Waals surface area contributed by atoms with Gasteiger partial charge in [-0.05, 0) is 40.4 Å². The average Bonchev–Trinajstić information content (AvgIpc) is 2.60. The van der Waals surface area contributed by atoms with E-state index in [1.165, 1.54) is 5.56 Å². The minimum absolute atomic E-state index is 0.229. The molecule has 1 aromatic heterocycles. The fourth-order valence-corrected chi connectivity index (χ4v) is 2.20. The van der Waals surface area contributed by atoms with E-state index in [0.717, 1.165) is 21.8 Å². The number of carboxylic acid groups (broad SMARTS) is 1. The van der Waals surface area contributed by atoms with Gasteiger partial charge in [-0.3, -0.25) is 4.79 Å². The van der Waals surface area contributed by atoms with Crippen LogP contribution in [0.5, 0.6) is 0 Å². The number of hydrogen-bond acceptors (Lipinski definition) is 1. The van der Waals surface area contributed by atoms with Crippen molar-refractivity contribution < 1.29 is 9.90 Å². The summed E-state index contributed by atoms with van der Waals surface area (Å²) in [5.41, 5.74) is 2.25. The van der Waals surface area contributed by atoms with E-state index in [-0.39, 0.29) is 6.42 Å². The number of aromatic nitrogens is 1. The Bertz CT molecular complexity index is 519. The predicted molar refractivity (Wildman–Crippen MR) is 66.6 cm³/mol. The Hall–Kier alpha value is -1.29. The predicted octanol–water partition coefficient (Wildman–Crippen LogP) is 3.34. The third-order valence-electron chi connectivity index (χ3n) is 2.55. The lowest BCUT2D eigenvalue weighted by Crippen LogP contribution is -1.95. The molecule has 3 nitrogen and oxygen atoms in total. The molecule has 0 fully saturated rings. The van der Waals surface area contributed by atoms with E-state index >= 15 is 0 Å². The first kappa shape index (κ1) is 11.2. The monoisotopic (exact) mass is 281 g/mol. The lowest BCUT2D eigenvalue weighted by Gasteiger charge is -2.00. The molecule has 4 heteroatoms. The van der Waals surface area contributed by atoms with E-state index in [1.807, 2.05) is 18.3 Å². The zero-order valence-corrected chi connectivity index (χ0v) is 10.3. The van der Waals surface area contributed by atoms with Gasteiger partial charge in [0.25, 0.3) is 0 Å². The molecule has 0 unspecified atom stereocenters. The number of aromatic amines is 1. The number of carboxylic acids is 1. The first-order valence-electron chi connectivity index (χ1n) is 5.14. The van der Waals surface area contributed by atoms with Crippen LogP contribution in [-0.4, -0.2) is 16.1 Å². The van der Waals surface area contributed by atoms with E-state index in [9.17, 15) is 4.79 Å². The molecule has 0 spiro atoms. The summed E-state index contributed by atoms with van der Waals surface area (Å²) in [4.78, 5) is 13.6. The molecule has 84 valence electrons. The number of H-pyrrole nitrogens is 1. The van der Waals surface area contributed by atoms with Crippen LogP contribution in [0.4, 0.5) is 0 Å². The molecule has 0 radical (unpaired) electrons. The van der Waals surface area contributed by atoms with Gasteiger partial charge in [0.2, 0.25) is 0 Å². The second-order valence-corrected chi connectivity index (χ2v) is 4.62. The van der Waals surface area contributed by atoms with E-state index in [0.29, 0.717) is 6.42 Å². The number of hydrogen-bond donors (Lipinski definition) is 2. The van der Waals surface area contributed by atoms with Crippen molar-refractivity contribution in [2.45, 2.75) is 19.3 Å². The van der Waals surface area contributed by atoms with Gasteiger partial charge in [-0.2, -0.15) is 0 Å².